The third-order valence-corrected chi connectivity index (χ3v) is 3.71. The first-order chi connectivity index (χ1) is 7.59. The molecule has 0 saturated heterocycles. The van der Waals surface area contributed by atoms with Crippen molar-refractivity contribution in [3.63, 3.8) is 0 Å². The van der Waals surface area contributed by atoms with E-state index in [1.54, 1.807) is 0 Å². The van der Waals surface area contributed by atoms with E-state index in [9.17, 15) is 0 Å². The molecule has 82 valence electrons. The molecule has 0 aliphatic heterocycles. The van der Waals surface area contributed by atoms with Crippen LogP contribution in [0, 0.1) is 0 Å². The summed E-state index contributed by atoms with van der Waals surface area (Å²) in [5.41, 5.74) is 14.4. The van der Waals surface area contributed by atoms with Gasteiger partial charge in [-0.1, -0.05) is 48.0 Å². The number of halogens is 1. The van der Waals surface area contributed by atoms with Gasteiger partial charge in [-0.05, 0) is 21.9 Å². The van der Waals surface area contributed by atoms with Crippen molar-refractivity contribution < 1.29 is 0 Å². The predicted octanol–water partition coefficient (Wildman–Crippen LogP) is 2.29. The lowest BCUT2D eigenvalue weighted by Crippen LogP contribution is -2.48. The number of benzene rings is 2. The van der Waals surface area contributed by atoms with Gasteiger partial charge in [0, 0.05) is 6.42 Å². The topological polar surface area (TPSA) is 52.0 Å². The fourth-order valence-corrected chi connectivity index (χ4v) is 2.78. The number of rotatable bonds is 0. The molecule has 1 aliphatic rings. The molecule has 1 aliphatic carbocycles. The van der Waals surface area contributed by atoms with E-state index in [0.717, 1.165) is 5.56 Å². The van der Waals surface area contributed by atoms with Crippen molar-refractivity contribution in [1.29, 1.82) is 0 Å². The average molecular weight is 233 g/mol. The minimum absolute atomic E-state index is 0.312. The fraction of sp³-hybridized carbons (Fsp3) is 0.231. The van der Waals surface area contributed by atoms with Gasteiger partial charge < -0.3 is 11.5 Å². The fourth-order valence-electron chi connectivity index (χ4n) is 2.52. The Balaban J connectivity index is 2.40. The van der Waals surface area contributed by atoms with Crippen molar-refractivity contribution in [3.8, 4) is 0 Å². The van der Waals surface area contributed by atoms with Gasteiger partial charge in [0.25, 0.3) is 0 Å². The van der Waals surface area contributed by atoms with E-state index in [-0.39, 0.29) is 6.04 Å². The SMILES string of the molecule is NC1c2cccc3cccc(c23)CC1(N)Cl. The standard InChI is InChI=1S/C13H13ClN2/c14-13(16)7-9-5-1-3-8-4-2-6-10(11(8)9)12(13)15/h1-6,12H,7,15-16H2. The van der Waals surface area contributed by atoms with Gasteiger partial charge in [-0.25, -0.2) is 0 Å². The first-order valence-corrected chi connectivity index (χ1v) is 5.71. The number of hydrogen-bond donors (Lipinski definition) is 2. The highest BCUT2D eigenvalue weighted by Crippen LogP contribution is 2.40. The molecule has 0 heterocycles. The summed E-state index contributed by atoms with van der Waals surface area (Å²) in [6.45, 7) is 0. The van der Waals surface area contributed by atoms with Gasteiger partial charge >= 0.3 is 0 Å². The highest BCUT2D eigenvalue weighted by Gasteiger charge is 2.36. The molecule has 2 nitrogen and oxygen atoms in total. The van der Waals surface area contributed by atoms with Crippen LogP contribution >= 0.6 is 11.6 Å². The molecule has 0 amide bonds. The van der Waals surface area contributed by atoms with Crippen LogP contribution in [0.25, 0.3) is 10.8 Å². The van der Waals surface area contributed by atoms with Crippen molar-refractivity contribution in [3.05, 3.63) is 47.5 Å². The van der Waals surface area contributed by atoms with Crippen molar-refractivity contribution in [2.75, 3.05) is 0 Å². The Labute approximate surface area is 99.2 Å². The molecule has 0 bridgehead atoms. The second-order valence-corrected chi connectivity index (χ2v) is 5.15. The van der Waals surface area contributed by atoms with Crippen LogP contribution in [-0.2, 0) is 6.42 Å². The molecular formula is C13H13ClN2. The van der Waals surface area contributed by atoms with Gasteiger partial charge in [-0.15, -0.1) is 0 Å². The molecule has 0 radical (unpaired) electrons. The maximum atomic E-state index is 6.29. The summed E-state index contributed by atoms with van der Waals surface area (Å²) in [7, 11) is 0. The summed E-state index contributed by atoms with van der Waals surface area (Å²) < 4.78 is 0. The molecule has 16 heavy (non-hydrogen) atoms. The largest absolute Gasteiger partial charge is 0.321 e. The van der Waals surface area contributed by atoms with E-state index < -0.39 is 5.00 Å². The van der Waals surface area contributed by atoms with Crippen LogP contribution in [-0.4, -0.2) is 5.00 Å². The van der Waals surface area contributed by atoms with Gasteiger partial charge in [0.2, 0.25) is 0 Å². The Hall–Kier alpha value is -1.09. The monoisotopic (exact) mass is 232 g/mol. The lowest BCUT2D eigenvalue weighted by Gasteiger charge is -2.35. The molecule has 2 aromatic carbocycles. The molecule has 4 N–H and O–H groups in total. The zero-order chi connectivity index (χ0) is 11.3. The Morgan fingerprint density at radius 2 is 1.88 bits per heavy atom. The molecule has 2 aromatic rings. The number of alkyl halides is 1. The van der Waals surface area contributed by atoms with Crippen LogP contribution in [0.2, 0.25) is 0 Å². The zero-order valence-electron chi connectivity index (χ0n) is 8.78. The minimum atomic E-state index is -0.872. The van der Waals surface area contributed by atoms with Crippen LogP contribution in [0.3, 0.4) is 0 Å². The van der Waals surface area contributed by atoms with Crippen molar-refractivity contribution >= 4 is 22.4 Å². The Kier molecular flexibility index (Phi) is 2.02. The van der Waals surface area contributed by atoms with E-state index in [1.807, 2.05) is 18.2 Å². The quantitative estimate of drug-likeness (QED) is 0.541. The summed E-state index contributed by atoms with van der Waals surface area (Å²) >= 11 is 6.29. The lowest BCUT2D eigenvalue weighted by molar-refractivity contribution is 0.478. The average Bonchev–Trinajstić information content (AvgIpc) is 2.26. The van der Waals surface area contributed by atoms with E-state index >= 15 is 0 Å². The summed E-state index contributed by atoms with van der Waals surface area (Å²) in [6.07, 6.45) is 0.615. The van der Waals surface area contributed by atoms with E-state index in [1.165, 1.54) is 16.3 Å². The molecule has 2 atom stereocenters. The second-order valence-electron chi connectivity index (χ2n) is 4.44. The second kappa shape index (κ2) is 3.20. The first kappa shape index (κ1) is 10.1. The van der Waals surface area contributed by atoms with E-state index in [0.29, 0.717) is 6.42 Å². The smallest absolute Gasteiger partial charge is 0.115 e. The molecule has 3 heteroatoms. The number of hydrogen-bond acceptors (Lipinski definition) is 2. The predicted molar refractivity (Wildman–Crippen MR) is 67.4 cm³/mol. The zero-order valence-corrected chi connectivity index (χ0v) is 9.54. The third kappa shape index (κ3) is 1.27. The summed E-state index contributed by atoms with van der Waals surface area (Å²) in [4.78, 5) is -0.872. The maximum Gasteiger partial charge on any atom is 0.115 e. The maximum absolute atomic E-state index is 6.29. The van der Waals surface area contributed by atoms with E-state index in [2.05, 4.69) is 18.2 Å². The van der Waals surface area contributed by atoms with Gasteiger partial charge in [0.05, 0.1) is 6.04 Å². The Morgan fingerprint density at radius 3 is 2.62 bits per heavy atom. The van der Waals surface area contributed by atoms with Crippen LogP contribution in [0.1, 0.15) is 17.2 Å². The van der Waals surface area contributed by atoms with E-state index in [4.69, 9.17) is 23.1 Å². The molecule has 0 aromatic heterocycles. The Bertz CT molecular complexity index is 558. The lowest BCUT2D eigenvalue weighted by atomic mass is 9.82. The van der Waals surface area contributed by atoms with Crippen LogP contribution in [0.5, 0.6) is 0 Å². The van der Waals surface area contributed by atoms with Gasteiger partial charge in [-0.3, -0.25) is 0 Å². The van der Waals surface area contributed by atoms with Crippen LogP contribution in [0.4, 0.5) is 0 Å². The van der Waals surface area contributed by atoms with Gasteiger partial charge in [0.1, 0.15) is 5.00 Å². The minimum Gasteiger partial charge on any atom is -0.321 e. The third-order valence-electron chi connectivity index (χ3n) is 3.34. The highest BCUT2D eigenvalue weighted by molar-refractivity contribution is 6.24. The molecule has 0 spiro atoms. The molecule has 3 rings (SSSR count). The van der Waals surface area contributed by atoms with Crippen LogP contribution < -0.4 is 11.5 Å². The summed E-state index contributed by atoms with van der Waals surface area (Å²) in [6, 6.07) is 12.0. The number of nitrogens with two attached hydrogens (primary N) is 2. The summed E-state index contributed by atoms with van der Waals surface area (Å²) in [5.74, 6) is 0. The van der Waals surface area contributed by atoms with Crippen molar-refractivity contribution in [1.82, 2.24) is 0 Å². The van der Waals surface area contributed by atoms with Crippen molar-refractivity contribution in [2.24, 2.45) is 11.5 Å². The van der Waals surface area contributed by atoms with Crippen molar-refractivity contribution in [2.45, 2.75) is 17.5 Å². The van der Waals surface area contributed by atoms with Crippen LogP contribution in [0.15, 0.2) is 36.4 Å². The normalized spacial score (nSPS) is 28.3. The summed E-state index contributed by atoms with van der Waals surface area (Å²) in [5, 5.41) is 2.43. The first-order valence-electron chi connectivity index (χ1n) is 5.33. The highest BCUT2D eigenvalue weighted by atomic mass is 35.5. The molecule has 0 fully saturated rings. The molecule has 0 saturated carbocycles. The van der Waals surface area contributed by atoms with Gasteiger partial charge in [0.15, 0.2) is 0 Å². The van der Waals surface area contributed by atoms with Gasteiger partial charge in [-0.2, -0.15) is 0 Å². The molecule has 2 unspecified atom stereocenters. The molecular weight excluding hydrogens is 220 g/mol. The Morgan fingerprint density at radius 1 is 1.19 bits per heavy atom.